The van der Waals surface area contributed by atoms with E-state index >= 15 is 0 Å². The van der Waals surface area contributed by atoms with E-state index in [1.807, 2.05) is 73.6 Å². The Hall–Kier alpha value is -1.87. The number of benzene rings is 2. The zero-order valence-electron chi connectivity index (χ0n) is 13.4. The molecule has 2 aromatic carbocycles. The van der Waals surface area contributed by atoms with Gasteiger partial charge in [0.2, 0.25) is 0 Å². The van der Waals surface area contributed by atoms with E-state index < -0.39 is 11.0 Å². The van der Waals surface area contributed by atoms with Crippen LogP contribution in [0.3, 0.4) is 0 Å². The van der Waals surface area contributed by atoms with E-state index in [9.17, 15) is 4.21 Å². The molecule has 3 heteroatoms. The molecule has 0 spiro atoms. The molecule has 0 saturated carbocycles. The standard InChI is InChI=1S/C19H23NOS/c1-19(2,3)22(21)20(18-14-8-5-9-15-18)16-10-13-17-11-6-4-7-12-17/h4-15H,16H2,1-3H3/t22-/m1/s1. The largest absolute Gasteiger partial charge is 0.288 e. The number of hydrogen-bond donors (Lipinski definition) is 0. The van der Waals surface area contributed by atoms with Crippen molar-refractivity contribution in [2.75, 3.05) is 10.8 Å². The first-order valence-electron chi connectivity index (χ1n) is 7.44. The van der Waals surface area contributed by atoms with E-state index in [-0.39, 0.29) is 4.75 Å². The van der Waals surface area contributed by atoms with Gasteiger partial charge in [-0.2, -0.15) is 0 Å². The van der Waals surface area contributed by atoms with Gasteiger partial charge in [0.1, 0.15) is 11.0 Å². The maximum absolute atomic E-state index is 12.8. The van der Waals surface area contributed by atoms with Crippen molar-refractivity contribution in [3.8, 4) is 0 Å². The summed E-state index contributed by atoms with van der Waals surface area (Å²) in [5.41, 5.74) is 2.13. The second kappa shape index (κ2) is 7.41. The lowest BCUT2D eigenvalue weighted by Crippen LogP contribution is -2.37. The normalized spacial score (nSPS) is 13.2. The van der Waals surface area contributed by atoms with Gasteiger partial charge in [-0.3, -0.25) is 4.31 Å². The second-order valence-corrected chi connectivity index (χ2v) is 8.24. The summed E-state index contributed by atoms with van der Waals surface area (Å²) in [7, 11) is -1.10. The summed E-state index contributed by atoms with van der Waals surface area (Å²) in [6.45, 7) is 6.61. The van der Waals surface area contributed by atoms with Crippen LogP contribution in [-0.4, -0.2) is 15.5 Å². The monoisotopic (exact) mass is 313 g/mol. The molecule has 0 aliphatic rings. The first-order chi connectivity index (χ1) is 10.5. The van der Waals surface area contributed by atoms with Gasteiger partial charge in [-0.05, 0) is 38.5 Å². The third-order valence-electron chi connectivity index (χ3n) is 3.15. The number of hydrogen-bond acceptors (Lipinski definition) is 1. The maximum atomic E-state index is 12.8. The topological polar surface area (TPSA) is 20.3 Å². The summed E-state index contributed by atoms with van der Waals surface area (Å²) < 4.78 is 14.5. The van der Waals surface area contributed by atoms with Crippen molar-refractivity contribution < 1.29 is 4.21 Å². The highest BCUT2D eigenvalue weighted by Gasteiger charge is 2.25. The van der Waals surface area contributed by atoms with Crippen LogP contribution in [0.4, 0.5) is 5.69 Å². The molecule has 1 atom stereocenters. The van der Waals surface area contributed by atoms with Crippen LogP contribution < -0.4 is 4.31 Å². The van der Waals surface area contributed by atoms with E-state index in [1.54, 1.807) is 0 Å². The molecular formula is C19H23NOS. The van der Waals surface area contributed by atoms with Gasteiger partial charge in [0.25, 0.3) is 0 Å². The van der Waals surface area contributed by atoms with Crippen molar-refractivity contribution >= 4 is 22.7 Å². The van der Waals surface area contributed by atoms with Crippen molar-refractivity contribution in [1.82, 2.24) is 0 Å². The molecule has 0 fully saturated rings. The molecule has 0 unspecified atom stereocenters. The third kappa shape index (κ3) is 4.57. The van der Waals surface area contributed by atoms with Gasteiger partial charge in [0.15, 0.2) is 0 Å². The van der Waals surface area contributed by atoms with E-state index in [0.29, 0.717) is 6.54 Å². The second-order valence-electron chi connectivity index (χ2n) is 6.07. The number of anilines is 1. The lowest BCUT2D eigenvalue weighted by molar-refractivity contribution is 0.646. The van der Waals surface area contributed by atoms with Crippen LogP contribution in [-0.2, 0) is 11.0 Å². The predicted octanol–water partition coefficient (Wildman–Crippen LogP) is 4.67. The third-order valence-corrected chi connectivity index (χ3v) is 4.96. The number of para-hydroxylation sites is 1. The first kappa shape index (κ1) is 16.5. The maximum Gasteiger partial charge on any atom is 0.125 e. The zero-order valence-corrected chi connectivity index (χ0v) is 14.2. The van der Waals surface area contributed by atoms with Gasteiger partial charge in [-0.15, -0.1) is 0 Å². The zero-order chi connectivity index (χ0) is 16.0. The molecule has 2 nitrogen and oxygen atoms in total. The summed E-state index contributed by atoms with van der Waals surface area (Å²) in [5.74, 6) is 0. The molecular weight excluding hydrogens is 290 g/mol. The fraction of sp³-hybridized carbons (Fsp3) is 0.263. The van der Waals surface area contributed by atoms with Crippen LogP contribution in [0.2, 0.25) is 0 Å². The van der Waals surface area contributed by atoms with Crippen LogP contribution in [0.1, 0.15) is 26.3 Å². The highest BCUT2D eigenvalue weighted by Crippen LogP contribution is 2.23. The number of rotatable bonds is 5. The lowest BCUT2D eigenvalue weighted by Gasteiger charge is -2.29. The molecule has 116 valence electrons. The van der Waals surface area contributed by atoms with Gasteiger partial charge in [-0.1, -0.05) is 60.7 Å². The first-order valence-corrected chi connectivity index (χ1v) is 8.55. The molecule has 22 heavy (non-hydrogen) atoms. The SMILES string of the molecule is CC(C)(C)[S@@](=O)N(CC=Cc1ccccc1)c1ccccc1. The molecule has 0 aliphatic carbocycles. The van der Waals surface area contributed by atoms with Gasteiger partial charge < -0.3 is 0 Å². The van der Waals surface area contributed by atoms with E-state index in [2.05, 4.69) is 24.3 Å². The minimum absolute atomic E-state index is 0.295. The molecule has 0 aliphatic heterocycles. The highest BCUT2D eigenvalue weighted by atomic mass is 32.2. The Morgan fingerprint density at radius 2 is 1.50 bits per heavy atom. The molecule has 0 saturated heterocycles. The van der Waals surface area contributed by atoms with E-state index in [0.717, 1.165) is 11.3 Å². The van der Waals surface area contributed by atoms with Gasteiger partial charge in [0, 0.05) is 5.69 Å². The Morgan fingerprint density at radius 1 is 0.955 bits per heavy atom. The average molecular weight is 313 g/mol. The van der Waals surface area contributed by atoms with Crippen LogP contribution in [0.5, 0.6) is 0 Å². The van der Waals surface area contributed by atoms with Crippen molar-refractivity contribution in [1.29, 1.82) is 0 Å². The van der Waals surface area contributed by atoms with Gasteiger partial charge >= 0.3 is 0 Å². The Labute approximate surface area is 136 Å². The average Bonchev–Trinajstić information content (AvgIpc) is 2.52. The predicted molar refractivity (Wildman–Crippen MR) is 97.2 cm³/mol. The summed E-state index contributed by atoms with van der Waals surface area (Å²) in [4.78, 5) is 0. The van der Waals surface area contributed by atoms with Crippen LogP contribution >= 0.6 is 0 Å². The van der Waals surface area contributed by atoms with Crippen molar-refractivity contribution in [3.63, 3.8) is 0 Å². The van der Waals surface area contributed by atoms with Crippen LogP contribution in [0.25, 0.3) is 6.08 Å². The Kier molecular flexibility index (Phi) is 5.56. The summed E-state index contributed by atoms with van der Waals surface area (Å²) >= 11 is 0. The van der Waals surface area contributed by atoms with Gasteiger partial charge in [-0.25, -0.2) is 4.21 Å². The van der Waals surface area contributed by atoms with Crippen molar-refractivity contribution in [3.05, 3.63) is 72.3 Å². The highest BCUT2D eigenvalue weighted by molar-refractivity contribution is 7.87. The molecule has 2 rings (SSSR count). The van der Waals surface area contributed by atoms with Crippen LogP contribution in [0, 0.1) is 0 Å². The van der Waals surface area contributed by atoms with E-state index in [4.69, 9.17) is 0 Å². The molecule has 0 heterocycles. The van der Waals surface area contributed by atoms with Crippen molar-refractivity contribution in [2.45, 2.75) is 25.5 Å². The van der Waals surface area contributed by atoms with Crippen LogP contribution in [0.15, 0.2) is 66.7 Å². The molecule has 0 N–H and O–H groups in total. The fourth-order valence-electron chi connectivity index (χ4n) is 2.04. The molecule has 0 bridgehead atoms. The Bertz CT molecular complexity index is 629. The van der Waals surface area contributed by atoms with Gasteiger partial charge in [0.05, 0.1) is 11.3 Å². The molecule has 0 radical (unpaired) electrons. The quantitative estimate of drug-likeness (QED) is 0.785. The molecule has 0 amide bonds. The lowest BCUT2D eigenvalue weighted by atomic mass is 10.2. The molecule has 0 aromatic heterocycles. The van der Waals surface area contributed by atoms with Crippen molar-refractivity contribution in [2.24, 2.45) is 0 Å². The smallest absolute Gasteiger partial charge is 0.125 e. The Morgan fingerprint density at radius 3 is 2.05 bits per heavy atom. The summed E-state index contributed by atoms with van der Waals surface area (Å²) in [6.07, 6.45) is 4.13. The minimum Gasteiger partial charge on any atom is -0.288 e. The van der Waals surface area contributed by atoms with E-state index in [1.165, 1.54) is 0 Å². The Balaban J connectivity index is 2.19. The number of nitrogens with zero attached hydrogens (tertiary/aromatic N) is 1. The minimum atomic E-state index is -1.10. The molecule has 2 aromatic rings. The summed E-state index contributed by atoms with van der Waals surface area (Å²) in [6, 6.07) is 20.1. The fourth-order valence-corrected chi connectivity index (χ4v) is 3.24. The summed E-state index contributed by atoms with van der Waals surface area (Å²) in [5, 5.41) is 0.